The molecule has 0 aromatic heterocycles. The topological polar surface area (TPSA) is 18.5 Å². The molecule has 1 atom stereocenters. The molecule has 0 spiro atoms. The van der Waals surface area contributed by atoms with Gasteiger partial charge in [0, 0.05) is 6.61 Å². The summed E-state index contributed by atoms with van der Waals surface area (Å²) in [6, 6.07) is 8.17. The fourth-order valence-corrected chi connectivity index (χ4v) is 1.39. The zero-order valence-corrected chi connectivity index (χ0v) is 9.99. The fraction of sp³-hybridized carbons (Fsp3) is 0.538. The molecule has 15 heavy (non-hydrogen) atoms. The van der Waals surface area contributed by atoms with Gasteiger partial charge in [0.05, 0.1) is 0 Å². The standard InChI is InChI=1S/C13H20O2/c1-5-14-11(4)15-13-8-6-12(7-9-13)10(2)3/h6-11H,5H2,1-4H3. The van der Waals surface area contributed by atoms with E-state index < -0.39 is 0 Å². The van der Waals surface area contributed by atoms with Crippen LogP contribution in [0.5, 0.6) is 5.75 Å². The summed E-state index contributed by atoms with van der Waals surface area (Å²) in [5.74, 6) is 1.42. The van der Waals surface area contributed by atoms with Gasteiger partial charge < -0.3 is 9.47 Å². The van der Waals surface area contributed by atoms with Gasteiger partial charge in [-0.1, -0.05) is 26.0 Å². The first kappa shape index (κ1) is 12.1. The number of hydrogen-bond acceptors (Lipinski definition) is 2. The van der Waals surface area contributed by atoms with Gasteiger partial charge in [-0.25, -0.2) is 0 Å². The Morgan fingerprint density at radius 2 is 1.67 bits per heavy atom. The lowest BCUT2D eigenvalue weighted by atomic mass is 10.0. The molecule has 0 bridgehead atoms. The smallest absolute Gasteiger partial charge is 0.196 e. The molecule has 0 aliphatic heterocycles. The largest absolute Gasteiger partial charge is 0.465 e. The molecule has 84 valence electrons. The Kier molecular flexibility index (Phi) is 4.63. The van der Waals surface area contributed by atoms with E-state index in [4.69, 9.17) is 9.47 Å². The Morgan fingerprint density at radius 1 is 1.07 bits per heavy atom. The Bertz CT molecular complexity index is 277. The maximum absolute atomic E-state index is 5.57. The fourth-order valence-electron chi connectivity index (χ4n) is 1.39. The molecule has 0 fully saturated rings. The first-order valence-corrected chi connectivity index (χ1v) is 5.51. The van der Waals surface area contributed by atoms with Crippen LogP contribution in [0.15, 0.2) is 24.3 Å². The first-order valence-electron chi connectivity index (χ1n) is 5.51. The molecule has 2 heteroatoms. The number of rotatable bonds is 5. The van der Waals surface area contributed by atoms with Crippen LogP contribution < -0.4 is 4.74 Å². The molecule has 1 unspecified atom stereocenters. The van der Waals surface area contributed by atoms with E-state index in [1.165, 1.54) is 5.56 Å². The second-order valence-electron chi connectivity index (χ2n) is 3.86. The highest BCUT2D eigenvalue weighted by Gasteiger charge is 2.03. The van der Waals surface area contributed by atoms with Crippen LogP contribution in [0, 0.1) is 0 Å². The molecule has 0 N–H and O–H groups in total. The summed E-state index contributed by atoms with van der Waals surface area (Å²) in [7, 11) is 0. The Labute approximate surface area is 92.2 Å². The van der Waals surface area contributed by atoms with E-state index in [1.807, 2.05) is 26.0 Å². The van der Waals surface area contributed by atoms with Gasteiger partial charge in [-0.2, -0.15) is 0 Å². The molecule has 0 saturated heterocycles. The average molecular weight is 208 g/mol. The van der Waals surface area contributed by atoms with E-state index in [-0.39, 0.29) is 6.29 Å². The monoisotopic (exact) mass is 208 g/mol. The molecule has 0 saturated carbocycles. The summed E-state index contributed by atoms with van der Waals surface area (Å²) in [5, 5.41) is 0. The van der Waals surface area contributed by atoms with E-state index in [2.05, 4.69) is 26.0 Å². The molecule has 2 nitrogen and oxygen atoms in total. The zero-order chi connectivity index (χ0) is 11.3. The van der Waals surface area contributed by atoms with Crippen LogP contribution in [-0.2, 0) is 4.74 Å². The normalized spacial score (nSPS) is 12.9. The summed E-state index contributed by atoms with van der Waals surface area (Å²) < 4.78 is 10.9. The molecular formula is C13H20O2. The maximum Gasteiger partial charge on any atom is 0.196 e. The molecular weight excluding hydrogens is 188 g/mol. The van der Waals surface area contributed by atoms with Gasteiger partial charge in [-0.15, -0.1) is 0 Å². The maximum atomic E-state index is 5.57. The molecule has 0 amide bonds. The highest BCUT2D eigenvalue weighted by Crippen LogP contribution is 2.19. The molecule has 0 aliphatic rings. The predicted molar refractivity (Wildman–Crippen MR) is 62.2 cm³/mol. The summed E-state index contributed by atoms with van der Waals surface area (Å²) in [4.78, 5) is 0. The third-order valence-electron chi connectivity index (χ3n) is 2.25. The molecule has 1 aromatic carbocycles. The van der Waals surface area contributed by atoms with E-state index in [1.54, 1.807) is 0 Å². The van der Waals surface area contributed by atoms with Crippen molar-refractivity contribution in [1.82, 2.24) is 0 Å². The van der Waals surface area contributed by atoms with Crippen LogP contribution >= 0.6 is 0 Å². The third-order valence-corrected chi connectivity index (χ3v) is 2.25. The Balaban J connectivity index is 2.56. The minimum Gasteiger partial charge on any atom is -0.465 e. The van der Waals surface area contributed by atoms with E-state index >= 15 is 0 Å². The van der Waals surface area contributed by atoms with Crippen molar-refractivity contribution in [3.8, 4) is 5.75 Å². The third kappa shape index (κ3) is 3.92. The SMILES string of the molecule is CCOC(C)Oc1ccc(C(C)C)cc1. The van der Waals surface area contributed by atoms with Crippen molar-refractivity contribution < 1.29 is 9.47 Å². The van der Waals surface area contributed by atoms with Crippen LogP contribution in [0.1, 0.15) is 39.2 Å². The minimum atomic E-state index is -0.181. The van der Waals surface area contributed by atoms with Crippen molar-refractivity contribution >= 4 is 0 Å². The molecule has 1 rings (SSSR count). The minimum absolute atomic E-state index is 0.181. The van der Waals surface area contributed by atoms with E-state index in [0.717, 1.165) is 5.75 Å². The second-order valence-corrected chi connectivity index (χ2v) is 3.86. The van der Waals surface area contributed by atoms with Crippen molar-refractivity contribution in [2.24, 2.45) is 0 Å². The van der Waals surface area contributed by atoms with Gasteiger partial charge in [0.1, 0.15) is 5.75 Å². The van der Waals surface area contributed by atoms with Crippen LogP contribution in [0.25, 0.3) is 0 Å². The average Bonchev–Trinajstić information content (AvgIpc) is 2.18. The lowest BCUT2D eigenvalue weighted by Crippen LogP contribution is -2.15. The summed E-state index contributed by atoms with van der Waals surface area (Å²) in [5.41, 5.74) is 1.33. The molecule has 0 radical (unpaired) electrons. The number of benzene rings is 1. The molecule has 0 heterocycles. The lowest BCUT2D eigenvalue weighted by molar-refractivity contribution is -0.0613. The van der Waals surface area contributed by atoms with Crippen LogP contribution in [-0.4, -0.2) is 12.9 Å². The van der Waals surface area contributed by atoms with Crippen molar-refractivity contribution in [2.45, 2.75) is 39.9 Å². The van der Waals surface area contributed by atoms with Gasteiger partial charge in [-0.3, -0.25) is 0 Å². The first-order chi connectivity index (χ1) is 7.13. The predicted octanol–water partition coefficient (Wildman–Crippen LogP) is 3.57. The lowest BCUT2D eigenvalue weighted by Gasteiger charge is -2.14. The Hall–Kier alpha value is -1.02. The number of ether oxygens (including phenoxy) is 2. The van der Waals surface area contributed by atoms with Crippen LogP contribution in [0.3, 0.4) is 0 Å². The van der Waals surface area contributed by atoms with E-state index in [9.17, 15) is 0 Å². The van der Waals surface area contributed by atoms with Gasteiger partial charge in [0.2, 0.25) is 0 Å². The summed E-state index contributed by atoms with van der Waals surface area (Å²) >= 11 is 0. The van der Waals surface area contributed by atoms with Crippen molar-refractivity contribution in [2.75, 3.05) is 6.61 Å². The summed E-state index contributed by atoms with van der Waals surface area (Å²) in [6.07, 6.45) is -0.181. The highest BCUT2D eigenvalue weighted by atomic mass is 16.7. The van der Waals surface area contributed by atoms with Crippen molar-refractivity contribution in [3.63, 3.8) is 0 Å². The van der Waals surface area contributed by atoms with Gasteiger partial charge in [0.25, 0.3) is 0 Å². The zero-order valence-electron chi connectivity index (χ0n) is 9.99. The summed E-state index contributed by atoms with van der Waals surface area (Å²) in [6.45, 7) is 8.89. The quantitative estimate of drug-likeness (QED) is 0.689. The van der Waals surface area contributed by atoms with E-state index in [0.29, 0.717) is 12.5 Å². The highest BCUT2D eigenvalue weighted by molar-refractivity contribution is 5.28. The second kappa shape index (κ2) is 5.76. The van der Waals surface area contributed by atoms with Gasteiger partial charge in [-0.05, 0) is 37.5 Å². The Morgan fingerprint density at radius 3 is 2.13 bits per heavy atom. The van der Waals surface area contributed by atoms with Crippen LogP contribution in [0.2, 0.25) is 0 Å². The number of hydrogen-bond donors (Lipinski definition) is 0. The van der Waals surface area contributed by atoms with Gasteiger partial charge in [0.15, 0.2) is 6.29 Å². The van der Waals surface area contributed by atoms with Gasteiger partial charge >= 0.3 is 0 Å². The van der Waals surface area contributed by atoms with Crippen LogP contribution in [0.4, 0.5) is 0 Å². The molecule has 1 aromatic rings. The van der Waals surface area contributed by atoms with Crippen molar-refractivity contribution in [1.29, 1.82) is 0 Å². The molecule has 0 aliphatic carbocycles. The van der Waals surface area contributed by atoms with Crippen molar-refractivity contribution in [3.05, 3.63) is 29.8 Å².